The minimum atomic E-state index is -0.609. The number of furan rings is 1. The second kappa shape index (κ2) is 6.39. The van der Waals surface area contributed by atoms with Gasteiger partial charge < -0.3 is 15.3 Å². The largest absolute Gasteiger partial charge is 0.433 e. The summed E-state index contributed by atoms with van der Waals surface area (Å²) in [6.45, 7) is 0.0521. The van der Waals surface area contributed by atoms with Crippen molar-refractivity contribution in [1.82, 2.24) is 0 Å². The van der Waals surface area contributed by atoms with E-state index in [-0.39, 0.29) is 24.9 Å². The first-order valence-electron chi connectivity index (χ1n) is 4.25. The lowest BCUT2D eigenvalue weighted by Gasteiger charge is -2.05. The van der Waals surface area contributed by atoms with Crippen molar-refractivity contribution >= 4 is 18.3 Å². The smallest absolute Gasteiger partial charge is 0.404 e. The Morgan fingerprint density at radius 2 is 2.27 bits per heavy atom. The van der Waals surface area contributed by atoms with Crippen LogP contribution in [0, 0.1) is 10.1 Å². The Morgan fingerprint density at radius 3 is 2.73 bits per heavy atom. The van der Waals surface area contributed by atoms with Crippen LogP contribution in [0.25, 0.3) is 0 Å². The number of aliphatic hydroxyl groups is 1. The zero-order chi connectivity index (χ0) is 10.6. The van der Waals surface area contributed by atoms with Crippen LogP contribution in [0.3, 0.4) is 0 Å². The fourth-order valence-corrected chi connectivity index (χ4v) is 1.09. The van der Waals surface area contributed by atoms with Crippen molar-refractivity contribution in [1.29, 1.82) is 0 Å². The standard InChI is InChI=1S/C8H12N2O4.ClH/c9-6(2-1-5-11)7-3-4-8(14-7)10(12)13;/h3-4,6,11H,1-2,5,9H2;1H/t6-;/m1./s1. The highest BCUT2D eigenvalue weighted by Gasteiger charge is 2.16. The second-order valence-corrected chi connectivity index (χ2v) is 2.91. The minimum absolute atomic E-state index is 0. The lowest BCUT2D eigenvalue weighted by Crippen LogP contribution is -2.09. The van der Waals surface area contributed by atoms with Gasteiger partial charge in [-0.25, -0.2) is 0 Å². The Bertz CT molecular complexity index is 315. The highest BCUT2D eigenvalue weighted by molar-refractivity contribution is 5.85. The van der Waals surface area contributed by atoms with Gasteiger partial charge in [-0.05, 0) is 18.9 Å². The van der Waals surface area contributed by atoms with E-state index in [1.165, 1.54) is 12.1 Å². The van der Waals surface area contributed by atoms with Crippen LogP contribution < -0.4 is 5.73 Å². The fraction of sp³-hybridized carbons (Fsp3) is 0.500. The molecule has 0 fully saturated rings. The molecule has 0 aromatic carbocycles. The third kappa shape index (κ3) is 3.86. The molecule has 1 rings (SSSR count). The van der Waals surface area contributed by atoms with Gasteiger partial charge in [0.05, 0.1) is 12.1 Å². The summed E-state index contributed by atoms with van der Waals surface area (Å²) in [6, 6.07) is 2.37. The molecular formula is C8H13ClN2O4. The average molecular weight is 237 g/mol. The highest BCUT2D eigenvalue weighted by Crippen LogP contribution is 2.22. The van der Waals surface area contributed by atoms with Crippen molar-refractivity contribution in [3.05, 3.63) is 28.0 Å². The highest BCUT2D eigenvalue weighted by atomic mass is 35.5. The first-order valence-corrected chi connectivity index (χ1v) is 4.25. The molecule has 0 unspecified atom stereocenters. The fourth-order valence-electron chi connectivity index (χ4n) is 1.09. The van der Waals surface area contributed by atoms with E-state index in [4.69, 9.17) is 15.3 Å². The molecule has 7 heteroatoms. The number of nitrogens with two attached hydrogens (primary N) is 1. The summed E-state index contributed by atoms with van der Waals surface area (Å²) >= 11 is 0. The van der Waals surface area contributed by atoms with Gasteiger partial charge in [0.1, 0.15) is 10.7 Å². The summed E-state index contributed by atoms with van der Waals surface area (Å²) in [4.78, 5) is 9.67. The number of nitrogens with zero attached hydrogens (tertiary/aromatic N) is 1. The summed E-state index contributed by atoms with van der Waals surface area (Å²) in [5, 5.41) is 18.8. The van der Waals surface area contributed by atoms with Crippen LogP contribution in [-0.4, -0.2) is 16.6 Å². The zero-order valence-corrected chi connectivity index (χ0v) is 8.77. The van der Waals surface area contributed by atoms with Crippen LogP contribution in [0.2, 0.25) is 0 Å². The molecule has 0 aliphatic heterocycles. The Labute approximate surface area is 92.6 Å². The first-order chi connectivity index (χ1) is 6.65. The molecule has 0 aliphatic carbocycles. The molecule has 3 N–H and O–H groups in total. The number of nitro groups is 1. The summed E-state index contributed by atoms with van der Waals surface area (Å²) in [6.07, 6.45) is 1.09. The number of rotatable bonds is 5. The topological polar surface area (TPSA) is 103 Å². The van der Waals surface area contributed by atoms with E-state index >= 15 is 0 Å². The molecule has 1 heterocycles. The van der Waals surface area contributed by atoms with Crippen LogP contribution in [0.5, 0.6) is 0 Å². The van der Waals surface area contributed by atoms with E-state index in [2.05, 4.69) is 0 Å². The van der Waals surface area contributed by atoms with Crippen LogP contribution in [0.15, 0.2) is 16.5 Å². The van der Waals surface area contributed by atoms with Crippen LogP contribution in [0.4, 0.5) is 5.88 Å². The molecule has 0 saturated heterocycles. The lowest BCUT2D eigenvalue weighted by molar-refractivity contribution is -0.402. The van der Waals surface area contributed by atoms with Gasteiger partial charge in [-0.3, -0.25) is 10.1 Å². The van der Waals surface area contributed by atoms with Crippen molar-refractivity contribution in [2.45, 2.75) is 18.9 Å². The SMILES string of the molecule is Cl.N[C@H](CCCO)c1ccc([N+](=O)[O-])o1. The van der Waals surface area contributed by atoms with Crippen molar-refractivity contribution in [2.75, 3.05) is 6.61 Å². The number of hydrogen-bond acceptors (Lipinski definition) is 5. The third-order valence-corrected chi connectivity index (χ3v) is 1.83. The summed E-state index contributed by atoms with van der Waals surface area (Å²) in [5.41, 5.74) is 5.67. The van der Waals surface area contributed by atoms with E-state index in [1.807, 2.05) is 0 Å². The van der Waals surface area contributed by atoms with E-state index in [0.29, 0.717) is 18.6 Å². The first kappa shape index (κ1) is 13.9. The summed E-state index contributed by atoms with van der Waals surface area (Å²) in [7, 11) is 0. The van der Waals surface area contributed by atoms with Gasteiger partial charge in [0.15, 0.2) is 0 Å². The quantitative estimate of drug-likeness (QED) is 0.594. The van der Waals surface area contributed by atoms with Gasteiger partial charge in [0.25, 0.3) is 0 Å². The predicted molar refractivity (Wildman–Crippen MR) is 55.9 cm³/mol. The third-order valence-electron chi connectivity index (χ3n) is 1.83. The number of aliphatic hydroxyl groups excluding tert-OH is 1. The summed E-state index contributed by atoms with van der Waals surface area (Å²) < 4.78 is 4.90. The van der Waals surface area contributed by atoms with Crippen molar-refractivity contribution < 1.29 is 14.4 Å². The normalized spacial score (nSPS) is 11.9. The molecule has 1 aromatic rings. The molecule has 1 aromatic heterocycles. The molecule has 6 nitrogen and oxygen atoms in total. The van der Waals surface area contributed by atoms with Gasteiger partial charge >= 0.3 is 5.88 Å². The Hall–Kier alpha value is -1.11. The molecule has 0 aliphatic rings. The van der Waals surface area contributed by atoms with Gasteiger partial charge in [0.2, 0.25) is 0 Å². The maximum absolute atomic E-state index is 10.3. The number of halogens is 1. The molecule has 0 bridgehead atoms. The van der Waals surface area contributed by atoms with Gasteiger partial charge in [-0.2, -0.15) is 0 Å². The minimum Gasteiger partial charge on any atom is -0.404 e. The van der Waals surface area contributed by atoms with E-state index in [0.717, 1.165) is 0 Å². The molecule has 0 saturated carbocycles. The van der Waals surface area contributed by atoms with Gasteiger partial charge in [-0.15, -0.1) is 12.4 Å². The van der Waals surface area contributed by atoms with E-state index in [9.17, 15) is 10.1 Å². The van der Waals surface area contributed by atoms with E-state index in [1.54, 1.807) is 0 Å². The molecule has 0 radical (unpaired) electrons. The maximum atomic E-state index is 10.3. The monoisotopic (exact) mass is 236 g/mol. The Kier molecular flexibility index (Phi) is 5.92. The van der Waals surface area contributed by atoms with Crippen LogP contribution in [0.1, 0.15) is 24.6 Å². The zero-order valence-electron chi connectivity index (χ0n) is 7.96. The van der Waals surface area contributed by atoms with Crippen molar-refractivity contribution in [3.8, 4) is 0 Å². The molecule has 1 atom stereocenters. The Morgan fingerprint density at radius 1 is 1.60 bits per heavy atom. The predicted octanol–water partition coefficient (Wildman–Crippen LogP) is 1.38. The van der Waals surface area contributed by atoms with Gasteiger partial charge in [-0.1, -0.05) is 0 Å². The molecular weight excluding hydrogens is 224 g/mol. The van der Waals surface area contributed by atoms with E-state index < -0.39 is 11.0 Å². The average Bonchev–Trinajstić information content (AvgIpc) is 2.62. The van der Waals surface area contributed by atoms with Gasteiger partial charge in [0, 0.05) is 6.61 Å². The maximum Gasteiger partial charge on any atom is 0.433 e. The lowest BCUT2D eigenvalue weighted by atomic mass is 10.1. The summed E-state index contributed by atoms with van der Waals surface area (Å²) in [5.74, 6) is 0.0737. The van der Waals surface area contributed by atoms with Crippen molar-refractivity contribution in [2.24, 2.45) is 5.73 Å². The second-order valence-electron chi connectivity index (χ2n) is 2.91. The molecule has 15 heavy (non-hydrogen) atoms. The van der Waals surface area contributed by atoms with Crippen LogP contribution in [-0.2, 0) is 0 Å². The van der Waals surface area contributed by atoms with Crippen molar-refractivity contribution in [3.63, 3.8) is 0 Å². The molecule has 0 spiro atoms. The molecule has 0 amide bonds. The molecule has 86 valence electrons. The van der Waals surface area contributed by atoms with Crippen LogP contribution >= 0.6 is 12.4 Å². The number of hydrogen-bond donors (Lipinski definition) is 2. The Balaban J connectivity index is 0.00000196.